The second kappa shape index (κ2) is 7.58. The Morgan fingerprint density at radius 3 is 2.56 bits per heavy atom. The number of likely N-dealkylation sites (N-methyl/N-ethyl adjacent to an activating group) is 1. The number of halogens is 3. The number of nitrogens with zero attached hydrogens (tertiary/aromatic N) is 3. The van der Waals surface area contributed by atoms with Gasteiger partial charge in [0.25, 0.3) is 5.91 Å². The Morgan fingerprint density at radius 1 is 1.32 bits per heavy atom. The summed E-state index contributed by atoms with van der Waals surface area (Å²) in [4.78, 5) is 17.6. The van der Waals surface area contributed by atoms with E-state index < -0.39 is 18.8 Å². The number of imidazole rings is 1. The first-order valence-corrected chi connectivity index (χ1v) is 7.71. The molecule has 0 fully saturated rings. The number of hydrogen-bond donors (Lipinski definition) is 0. The minimum atomic E-state index is -4.35. The van der Waals surface area contributed by atoms with E-state index in [1.807, 2.05) is 19.1 Å². The molecule has 0 bridgehead atoms. The molecule has 1 amide bonds. The number of ether oxygens (including phenoxy) is 1. The van der Waals surface area contributed by atoms with Crippen LogP contribution in [0.3, 0.4) is 0 Å². The van der Waals surface area contributed by atoms with Crippen LogP contribution < -0.4 is 4.74 Å². The zero-order valence-corrected chi connectivity index (χ0v) is 14.2. The van der Waals surface area contributed by atoms with Crippen LogP contribution in [-0.4, -0.2) is 39.7 Å². The highest BCUT2D eigenvalue weighted by atomic mass is 19.4. The Bertz CT molecular complexity index is 711. The van der Waals surface area contributed by atoms with Crippen LogP contribution in [0.2, 0.25) is 0 Å². The van der Waals surface area contributed by atoms with Crippen molar-refractivity contribution >= 4 is 5.91 Å². The Hall–Kier alpha value is -2.51. The van der Waals surface area contributed by atoms with E-state index in [1.54, 1.807) is 19.1 Å². The second-order valence-corrected chi connectivity index (χ2v) is 5.85. The summed E-state index contributed by atoms with van der Waals surface area (Å²) in [6.07, 6.45) is -2.59. The van der Waals surface area contributed by atoms with E-state index in [2.05, 4.69) is 4.98 Å². The van der Waals surface area contributed by atoms with E-state index in [9.17, 15) is 18.0 Å². The third kappa shape index (κ3) is 5.51. The number of carbonyl (C=O) groups is 1. The molecule has 25 heavy (non-hydrogen) atoms. The smallest absolute Gasteiger partial charge is 0.406 e. The van der Waals surface area contributed by atoms with E-state index in [0.717, 1.165) is 10.1 Å². The average molecular weight is 355 g/mol. The SMILES string of the molecule is Cc1ccc(OC(C)C(=O)N(C)Cc2nccn2CC(F)(F)F)cc1. The molecule has 1 atom stereocenters. The van der Waals surface area contributed by atoms with Crippen molar-refractivity contribution in [2.24, 2.45) is 0 Å². The largest absolute Gasteiger partial charge is 0.481 e. The quantitative estimate of drug-likeness (QED) is 0.800. The highest BCUT2D eigenvalue weighted by Gasteiger charge is 2.29. The van der Waals surface area contributed by atoms with Gasteiger partial charge in [-0.05, 0) is 26.0 Å². The number of amides is 1. The molecule has 0 saturated carbocycles. The third-order valence-corrected chi connectivity index (χ3v) is 3.59. The minimum Gasteiger partial charge on any atom is -0.481 e. The molecule has 0 radical (unpaired) electrons. The van der Waals surface area contributed by atoms with Crippen LogP contribution in [0.25, 0.3) is 0 Å². The Labute approximate surface area is 144 Å². The summed E-state index contributed by atoms with van der Waals surface area (Å²) in [5.74, 6) is 0.372. The summed E-state index contributed by atoms with van der Waals surface area (Å²) >= 11 is 0. The van der Waals surface area contributed by atoms with E-state index in [0.29, 0.717) is 5.75 Å². The molecule has 0 aliphatic rings. The maximum Gasteiger partial charge on any atom is 0.406 e. The van der Waals surface area contributed by atoms with Gasteiger partial charge in [-0.2, -0.15) is 13.2 Å². The Morgan fingerprint density at radius 2 is 1.96 bits per heavy atom. The monoisotopic (exact) mass is 355 g/mol. The summed E-state index contributed by atoms with van der Waals surface area (Å²) in [6, 6.07) is 7.25. The molecule has 2 rings (SSSR count). The van der Waals surface area contributed by atoms with Crippen molar-refractivity contribution in [2.45, 2.75) is 39.2 Å². The average Bonchev–Trinajstić information content (AvgIpc) is 2.93. The lowest BCUT2D eigenvalue weighted by atomic mass is 10.2. The molecular formula is C17H20F3N3O2. The molecule has 8 heteroatoms. The van der Waals surface area contributed by atoms with Crippen molar-refractivity contribution in [3.63, 3.8) is 0 Å². The second-order valence-electron chi connectivity index (χ2n) is 5.85. The number of alkyl halides is 3. The first-order chi connectivity index (χ1) is 11.7. The lowest BCUT2D eigenvalue weighted by Gasteiger charge is -2.22. The molecule has 1 unspecified atom stereocenters. The molecule has 0 spiro atoms. The summed E-state index contributed by atoms with van der Waals surface area (Å²) in [7, 11) is 1.50. The van der Waals surface area contributed by atoms with Gasteiger partial charge in [-0.25, -0.2) is 4.98 Å². The number of aromatic nitrogens is 2. The van der Waals surface area contributed by atoms with Crippen LogP contribution in [0.5, 0.6) is 5.75 Å². The summed E-state index contributed by atoms with van der Waals surface area (Å²) in [6.45, 7) is 2.36. The molecular weight excluding hydrogens is 335 g/mol. The van der Waals surface area contributed by atoms with Gasteiger partial charge in [-0.3, -0.25) is 4.79 Å². The molecule has 0 aliphatic carbocycles. The number of aryl methyl sites for hydroxylation is 1. The van der Waals surface area contributed by atoms with Crippen LogP contribution in [0.1, 0.15) is 18.3 Å². The zero-order valence-electron chi connectivity index (χ0n) is 14.2. The van der Waals surface area contributed by atoms with Crippen molar-refractivity contribution in [3.8, 4) is 5.75 Å². The molecule has 1 heterocycles. The maximum absolute atomic E-state index is 12.5. The van der Waals surface area contributed by atoms with Gasteiger partial charge < -0.3 is 14.2 Å². The fourth-order valence-electron chi connectivity index (χ4n) is 2.30. The highest BCUT2D eigenvalue weighted by molar-refractivity contribution is 5.80. The summed E-state index contributed by atoms with van der Waals surface area (Å²) in [5.41, 5.74) is 1.07. The molecule has 0 saturated heterocycles. The van der Waals surface area contributed by atoms with Crippen molar-refractivity contribution < 1.29 is 22.7 Å². The Balaban J connectivity index is 1.98. The maximum atomic E-state index is 12.5. The van der Waals surface area contributed by atoms with Crippen molar-refractivity contribution in [3.05, 3.63) is 48.0 Å². The molecule has 1 aromatic carbocycles. The van der Waals surface area contributed by atoms with Crippen LogP contribution in [0.4, 0.5) is 13.2 Å². The predicted molar refractivity (Wildman–Crippen MR) is 86.0 cm³/mol. The normalized spacial score (nSPS) is 12.7. The molecule has 1 aromatic heterocycles. The van der Waals surface area contributed by atoms with Crippen molar-refractivity contribution in [1.29, 1.82) is 0 Å². The number of benzene rings is 1. The van der Waals surface area contributed by atoms with Gasteiger partial charge in [-0.15, -0.1) is 0 Å². The van der Waals surface area contributed by atoms with E-state index in [4.69, 9.17) is 4.74 Å². The lowest BCUT2D eigenvalue weighted by molar-refractivity contribution is -0.141. The van der Waals surface area contributed by atoms with Gasteiger partial charge in [0.15, 0.2) is 6.10 Å². The van der Waals surface area contributed by atoms with Gasteiger partial charge in [-0.1, -0.05) is 17.7 Å². The Kier molecular flexibility index (Phi) is 5.71. The van der Waals surface area contributed by atoms with Gasteiger partial charge in [0.2, 0.25) is 0 Å². The zero-order chi connectivity index (χ0) is 18.6. The lowest BCUT2D eigenvalue weighted by Crippen LogP contribution is -2.38. The highest BCUT2D eigenvalue weighted by Crippen LogP contribution is 2.19. The first-order valence-electron chi connectivity index (χ1n) is 7.71. The van der Waals surface area contributed by atoms with Crippen molar-refractivity contribution in [1.82, 2.24) is 14.5 Å². The minimum absolute atomic E-state index is 0.0382. The van der Waals surface area contributed by atoms with Crippen molar-refractivity contribution in [2.75, 3.05) is 7.05 Å². The van der Waals surface area contributed by atoms with E-state index >= 15 is 0 Å². The van der Waals surface area contributed by atoms with Crippen LogP contribution in [-0.2, 0) is 17.9 Å². The predicted octanol–water partition coefficient (Wildman–Crippen LogP) is 3.18. The number of carbonyl (C=O) groups excluding carboxylic acids is 1. The third-order valence-electron chi connectivity index (χ3n) is 3.59. The van der Waals surface area contributed by atoms with Crippen LogP contribution in [0, 0.1) is 6.92 Å². The van der Waals surface area contributed by atoms with E-state index in [-0.39, 0.29) is 18.3 Å². The van der Waals surface area contributed by atoms with Crippen LogP contribution in [0.15, 0.2) is 36.7 Å². The molecule has 0 N–H and O–H groups in total. The standard InChI is InChI=1S/C17H20F3N3O2/c1-12-4-6-14(7-5-12)25-13(2)16(24)22(3)10-15-21-8-9-23(15)11-17(18,19)20/h4-9,13H,10-11H2,1-3H3. The van der Waals surface area contributed by atoms with Gasteiger partial charge in [0.1, 0.15) is 18.1 Å². The summed E-state index contributed by atoms with van der Waals surface area (Å²) in [5, 5.41) is 0. The summed E-state index contributed by atoms with van der Waals surface area (Å²) < 4.78 is 44.2. The number of rotatable bonds is 6. The number of hydrogen-bond acceptors (Lipinski definition) is 3. The fourth-order valence-corrected chi connectivity index (χ4v) is 2.30. The first kappa shape index (κ1) is 18.8. The van der Waals surface area contributed by atoms with Gasteiger partial charge in [0.05, 0.1) is 6.54 Å². The molecule has 0 aliphatic heterocycles. The van der Waals surface area contributed by atoms with Gasteiger partial charge >= 0.3 is 6.18 Å². The van der Waals surface area contributed by atoms with Gasteiger partial charge in [0, 0.05) is 19.4 Å². The molecule has 136 valence electrons. The molecule has 2 aromatic rings. The van der Waals surface area contributed by atoms with Crippen LogP contribution >= 0.6 is 0 Å². The molecule has 5 nitrogen and oxygen atoms in total. The van der Waals surface area contributed by atoms with E-state index in [1.165, 1.54) is 24.3 Å². The topological polar surface area (TPSA) is 47.4 Å². The fraction of sp³-hybridized carbons (Fsp3) is 0.412.